The van der Waals surface area contributed by atoms with Gasteiger partial charge in [0.1, 0.15) is 0 Å². The second-order valence-corrected chi connectivity index (χ2v) is 10.8. The van der Waals surface area contributed by atoms with Crippen molar-refractivity contribution < 1.29 is 9.47 Å². The van der Waals surface area contributed by atoms with Gasteiger partial charge in [-0.15, -0.1) is 5.10 Å². The maximum absolute atomic E-state index is 13.2. The van der Waals surface area contributed by atoms with Crippen molar-refractivity contribution in [3.63, 3.8) is 0 Å². The first-order valence-corrected chi connectivity index (χ1v) is 12.7. The number of benzene rings is 2. The van der Waals surface area contributed by atoms with E-state index in [0.29, 0.717) is 18.7 Å². The summed E-state index contributed by atoms with van der Waals surface area (Å²) in [6.07, 6.45) is 0.769. The summed E-state index contributed by atoms with van der Waals surface area (Å²) < 4.78 is 13.0. The fourth-order valence-corrected chi connectivity index (χ4v) is 4.89. The average Bonchev–Trinajstić information content (AvgIpc) is 3.51. The molecule has 2 aromatic carbocycles. The number of hydrogen-bond acceptors (Lipinski definition) is 7. The monoisotopic (exact) mass is 502 g/mol. The van der Waals surface area contributed by atoms with Crippen LogP contribution in [-0.2, 0) is 18.6 Å². The number of ether oxygens (including phenoxy) is 2. The highest BCUT2D eigenvalue weighted by molar-refractivity contribution is 5.80. The Hall–Kier alpha value is -3.72. The predicted octanol–water partition coefficient (Wildman–Crippen LogP) is 4.77. The molecular formula is C28H34N6O3. The van der Waals surface area contributed by atoms with Crippen LogP contribution in [0.3, 0.4) is 0 Å². The summed E-state index contributed by atoms with van der Waals surface area (Å²) in [5.41, 5.74) is 4.58. The smallest absolute Gasteiger partial charge is 0.252 e. The molecular weight excluding hydrogens is 468 g/mol. The minimum absolute atomic E-state index is 0.0864. The van der Waals surface area contributed by atoms with Crippen LogP contribution in [-0.4, -0.2) is 36.9 Å². The Morgan fingerprint density at radius 3 is 2.57 bits per heavy atom. The van der Waals surface area contributed by atoms with Crippen molar-refractivity contribution in [1.82, 2.24) is 30.1 Å². The lowest BCUT2D eigenvalue weighted by atomic mass is 10.0. The summed E-state index contributed by atoms with van der Waals surface area (Å²) in [7, 11) is 0. The number of rotatable bonds is 7. The van der Waals surface area contributed by atoms with Crippen molar-refractivity contribution in [2.75, 3.05) is 6.79 Å². The fourth-order valence-electron chi connectivity index (χ4n) is 4.89. The normalized spacial score (nSPS) is 14.0. The summed E-state index contributed by atoms with van der Waals surface area (Å²) in [4.78, 5) is 18.6. The molecule has 4 aromatic rings. The zero-order valence-electron chi connectivity index (χ0n) is 22.3. The quantitative estimate of drug-likeness (QED) is 0.389. The first-order chi connectivity index (χ1) is 17.6. The number of hydrogen-bond donors (Lipinski definition) is 1. The van der Waals surface area contributed by atoms with Crippen LogP contribution in [0.15, 0.2) is 41.2 Å². The summed E-state index contributed by atoms with van der Waals surface area (Å²) in [6, 6.07) is 12.0. The molecule has 194 valence electrons. The molecule has 0 spiro atoms. The molecule has 0 aliphatic carbocycles. The van der Waals surface area contributed by atoms with E-state index in [1.54, 1.807) is 0 Å². The van der Waals surface area contributed by atoms with Crippen molar-refractivity contribution in [3.8, 4) is 11.5 Å². The van der Waals surface area contributed by atoms with Crippen LogP contribution in [0.1, 0.15) is 68.2 Å². The summed E-state index contributed by atoms with van der Waals surface area (Å²) in [6.45, 7) is 13.8. The molecule has 0 saturated heterocycles. The molecule has 37 heavy (non-hydrogen) atoms. The van der Waals surface area contributed by atoms with Gasteiger partial charge in [-0.05, 0) is 104 Å². The van der Waals surface area contributed by atoms with Crippen LogP contribution in [0.4, 0.5) is 0 Å². The number of nitrogens with zero attached hydrogens (tertiary/aromatic N) is 5. The Labute approximate surface area is 216 Å². The van der Waals surface area contributed by atoms with Gasteiger partial charge in [-0.3, -0.25) is 9.69 Å². The van der Waals surface area contributed by atoms with Gasteiger partial charge in [0.2, 0.25) is 6.79 Å². The van der Waals surface area contributed by atoms with Gasteiger partial charge in [-0.1, -0.05) is 13.0 Å². The molecule has 0 fully saturated rings. The molecule has 0 radical (unpaired) electrons. The molecule has 2 aromatic heterocycles. The van der Waals surface area contributed by atoms with E-state index < -0.39 is 0 Å². The van der Waals surface area contributed by atoms with E-state index in [0.717, 1.165) is 45.8 Å². The van der Waals surface area contributed by atoms with Crippen LogP contribution < -0.4 is 15.0 Å². The number of tetrazole rings is 1. The zero-order valence-corrected chi connectivity index (χ0v) is 22.3. The van der Waals surface area contributed by atoms with Crippen LogP contribution in [0.25, 0.3) is 10.9 Å². The van der Waals surface area contributed by atoms with Crippen molar-refractivity contribution >= 4 is 10.9 Å². The Kier molecular flexibility index (Phi) is 6.49. The zero-order chi connectivity index (χ0) is 26.3. The summed E-state index contributed by atoms with van der Waals surface area (Å²) >= 11 is 0. The van der Waals surface area contributed by atoms with Gasteiger partial charge in [0.05, 0.1) is 11.6 Å². The van der Waals surface area contributed by atoms with Gasteiger partial charge in [0.25, 0.3) is 5.56 Å². The number of aromatic amines is 1. The number of H-pyrrole nitrogens is 1. The molecule has 1 aliphatic heterocycles. The Bertz CT molecular complexity index is 1500. The second kappa shape index (κ2) is 9.63. The first-order valence-electron chi connectivity index (χ1n) is 12.7. The van der Waals surface area contributed by atoms with Gasteiger partial charge >= 0.3 is 0 Å². The average molecular weight is 503 g/mol. The highest BCUT2D eigenvalue weighted by Gasteiger charge is 2.30. The van der Waals surface area contributed by atoms with E-state index in [9.17, 15) is 4.79 Å². The van der Waals surface area contributed by atoms with E-state index in [4.69, 9.17) is 9.47 Å². The number of aryl methyl sites for hydroxylation is 2. The third-order valence-corrected chi connectivity index (χ3v) is 6.99. The van der Waals surface area contributed by atoms with E-state index in [2.05, 4.69) is 73.0 Å². The van der Waals surface area contributed by atoms with Crippen LogP contribution in [0.5, 0.6) is 11.5 Å². The largest absolute Gasteiger partial charge is 0.454 e. The van der Waals surface area contributed by atoms with Gasteiger partial charge < -0.3 is 14.5 Å². The van der Waals surface area contributed by atoms with E-state index in [-0.39, 0.29) is 23.9 Å². The number of pyridine rings is 1. The number of nitrogens with one attached hydrogen (secondary N) is 1. The lowest BCUT2D eigenvalue weighted by Gasteiger charge is -2.32. The molecule has 0 amide bonds. The maximum Gasteiger partial charge on any atom is 0.252 e. The molecule has 0 bridgehead atoms. The predicted molar refractivity (Wildman–Crippen MR) is 142 cm³/mol. The van der Waals surface area contributed by atoms with Crippen molar-refractivity contribution in [1.29, 1.82) is 0 Å². The Morgan fingerprint density at radius 1 is 1.05 bits per heavy atom. The maximum atomic E-state index is 13.2. The fraction of sp³-hybridized carbons (Fsp3) is 0.429. The standard InChI is InChI=1S/C28H34N6O3/c1-7-23(26-30-31-32-34(26)28(4,5)6)33(14-19-8-9-24-25(12-19)37-16-36-24)15-21-13-20-10-17(2)18(3)11-22(20)29-27(21)35/h8-13,23H,7,14-16H2,1-6H3,(H,29,35)/t23-/m0/s1. The topological polar surface area (TPSA) is 98.2 Å². The third kappa shape index (κ3) is 4.96. The van der Waals surface area contributed by atoms with Gasteiger partial charge in [-0.2, -0.15) is 0 Å². The molecule has 0 unspecified atom stereocenters. The SMILES string of the molecule is CC[C@@H](c1nnnn1C(C)(C)C)N(Cc1ccc2c(c1)OCO2)Cc1cc2cc(C)c(C)cc2[nH]c1=O. The summed E-state index contributed by atoms with van der Waals surface area (Å²) in [5.74, 6) is 2.26. The molecule has 9 nitrogen and oxygen atoms in total. The summed E-state index contributed by atoms with van der Waals surface area (Å²) in [5, 5.41) is 13.8. The Balaban J connectivity index is 1.57. The molecule has 5 rings (SSSR count). The number of aromatic nitrogens is 5. The molecule has 3 heterocycles. The number of fused-ring (bicyclic) bond motifs is 2. The molecule has 1 aliphatic rings. The van der Waals surface area contributed by atoms with Gasteiger partial charge in [0, 0.05) is 24.2 Å². The lowest BCUT2D eigenvalue weighted by molar-refractivity contribution is 0.153. The lowest BCUT2D eigenvalue weighted by Crippen LogP contribution is -2.35. The third-order valence-electron chi connectivity index (χ3n) is 6.99. The second-order valence-electron chi connectivity index (χ2n) is 10.8. The van der Waals surface area contributed by atoms with Crippen LogP contribution in [0, 0.1) is 13.8 Å². The minimum atomic E-state index is -0.285. The van der Waals surface area contributed by atoms with Crippen molar-refractivity contribution in [2.45, 2.75) is 72.6 Å². The highest BCUT2D eigenvalue weighted by Crippen LogP contribution is 2.35. The molecule has 1 N–H and O–H groups in total. The van der Waals surface area contributed by atoms with Gasteiger partial charge in [0.15, 0.2) is 17.3 Å². The minimum Gasteiger partial charge on any atom is -0.454 e. The molecule has 0 saturated carbocycles. The van der Waals surface area contributed by atoms with Crippen molar-refractivity contribution in [3.05, 3.63) is 74.8 Å². The molecule has 9 heteroatoms. The first kappa shape index (κ1) is 25.0. The van der Waals surface area contributed by atoms with E-state index in [1.807, 2.05) is 35.0 Å². The van der Waals surface area contributed by atoms with Crippen LogP contribution in [0.2, 0.25) is 0 Å². The van der Waals surface area contributed by atoms with Crippen molar-refractivity contribution in [2.24, 2.45) is 0 Å². The Morgan fingerprint density at radius 2 is 1.81 bits per heavy atom. The van der Waals surface area contributed by atoms with E-state index >= 15 is 0 Å². The highest BCUT2D eigenvalue weighted by atomic mass is 16.7. The van der Waals surface area contributed by atoms with Gasteiger partial charge in [-0.25, -0.2) is 4.68 Å². The molecule has 1 atom stereocenters. The van der Waals surface area contributed by atoms with E-state index in [1.165, 1.54) is 5.56 Å². The van der Waals surface area contributed by atoms with Crippen LogP contribution >= 0.6 is 0 Å².